The van der Waals surface area contributed by atoms with Gasteiger partial charge in [0.15, 0.2) is 5.76 Å². The van der Waals surface area contributed by atoms with E-state index >= 15 is 0 Å². The Morgan fingerprint density at radius 2 is 1.83 bits per heavy atom. The molecule has 3 nitrogen and oxygen atoms in total. The van der Waals surface area contributed by atoms with Gasteiger partial charge in [-0.1, -0.05) is 40.9 Å². The van der Waals surface area contributed by atoms with Crippen molar-refractivity contribution in [2.75, 3.05) is 11.6 Å². The molecule has 1 heterocycles. The van der Waals surface area contributed by atoms with E-state index in [2.05, 4.69) is 5.59 Å². The maximum Gasteiger partial charge on any atom is 0.416 e. The van der Waals surface area contributed by atoms with Crippen molar-refractivity contribution in [1.29, 1.82) is 0 Å². The molecule has 3 rings (SSSR count). The molecule has 0 bridgehead atoms. The van der Waals surface area contributed by atoms with Crippen LogP contribution in [0.1, 0.15) is 11.1 Å². The van der Waals surface area contributed by atoms with Gasteiger partial charge in [0, 0.05) is 5.56 Å². The number of hydrogen-bond acceptors (Lipinski definition) is 3. The quantitative estimate of drug-likeness (QED) is 0.770. The minimum absolute atomic E-state index is 0.317. The molecule has 2 aromatic carbocycles. The van der Waals surface area contributed by atoms with E-state index in [1.165, 1.54) is 6.07 Å². The Kier molecular flexibility index (Phi) is 4.62. The molecule has 1 aliphatic heterocycles. The first-order valence-electron chi connectivity index (χ1n) is 6.87. The van der Waals surface area contributed by atoms with E-state index in [0.717, 1.165) is 12.1 Å². The fourth-order valence-electron chi connectivity index (χ4n) is 2.19. The van der Waals surface area contributed by atoms with Gasteiger partial charge in [0.25, 0.3) is 0 Å². The van der Waals surface area contributed by atoms with Crippen LogP contribution in [-0.4, -0.2) is 6.54 Å². The number of nitrogens with zero attached hydrogens (tertiary/aromatic N) is 1. The highest BCUT2D eigenvalue weighted by Gasteiger charge is 2.31. The van der Waals surface area contributed by atoms with Gasteiger partial charge in [0.1, 0.15) is 0 Å². The number of hydrazine groups is 1. The predicted octanol–water partition coefficient (Wildman–Crippen LogP) is 5.31. The third kappa shape index (κ3) is 3.61. The fourth-order valence-corrected chi connectivity index (χ4v) is 2.49. The molecular formula is C16H11Cl2F3N2O. The van der Waals surface area contributed by atoms with Gasteiger partial charge in [0.2, 0.25) is 0 Å². The van der Waals surface area contributed by atoms with Gasteiger partial charge in [-0.3, -0.25) is 5.01 Å². The Labute approximate surface area is 146 Å². The van der Waals surface area contributed by atoms with Crippen LogP contribution < -0.4 is 10.6 Å². The lowest BCUT2D eigenvalue weighted by Gasteiger charge is -2.29. The van der Waals surface area contributed by atoms with Crippen LogP contribution in [0.2, 0.25) is 10.0 Å². The first-order chi connectivity index (χ1) is 11.3. The molecule has 24 heavy (non-hydrogen) atoms. The summed E-state index contributed by atoms with van der Waals surface area (Å²) in [5.41, 5.74) is 3.00. The lowest BCUT2D eigenvalue weighted by molar-refractivity contribution is -0.137. The maximum absolute atomic E-state index is 12.8. The molecule has 0 unspecified atom stereocenters. The predicted molar refractivity (Wildman–Crippen MR) is 87.4 cm³/mol. The van der Waals surface area contributed by atoms with Crippen LogP contribution in [0.5, 0.6) is 0 Å². The van der Waals surface area contributed by atoms with Gasteiger partial charge in [0.05, 0.1) is 27.8 Å². The molecule has 0 saturated heterocycles. The highest BCUT2D eigenvalue weighted by Crippen LogP contribution is 2.32. The van der Waals surface area contributed by atoms with Gasteiger partial charge in [-0.15, -0.1) is 0 Å². The molecule has 0 amide bonds. The zero-order valence-electron chi connectivity index (χ0n) is 12.1. The molecular weight excluding hydrogens is 364 g/mol. The summed E-state index contributed by atoms with van der Waals surface area (Å²) in [6, 6.07) is 10.00. The zero-order valence-corrected chi connectivity index (χ0v) is 13.6. The van der Waals surface area contributed by atoms with Gasteiger partial charge in [-0.2, -0.15) is 13.2 Å². The summed E-state index contributed by atoms with van der Waals surface area (Å²) >= 11 is 11.8. The van der Waals surface area contributed by atoms with E-state index in [0.29, 0.717) is 33.6 Å². The number of halogens is 5. The highest BCUT2D eigenvalue weighted by molar-refractivity contribution is 6.42. The molecule has 0 aromatic heterocycles. The van der Waals surface area contributed by atoms with E-state index in [1.807, 2.05) is 0 Å². The number of alkyl halides is 3. The van der Waals surface area contributed by atoms with Crippen molar-refractivity contribution in [2.45, 2.75) is 6.18 Å². The summed E-state index contributed by atoms with van der Waals surface area (Å²) in [6.45, 7) is 0.379. The first kappa shape index (κ1) is 17.0. The minimum Gasteiger partial charge on any atom is -0.389 e. The highest BCUT2D eigenvalue weighted by atomic mass is 35.5. The van der Waals surface area contributed by atoms with Crippen LogP contribution in [0.4, 0.5) is 18.9 Å². The van der Waals surface area contributed by atoms with Crippen LogP contribution in [0.15, 0.2) is 48.5 Å². The van der Waals surface area contributed by atoms with Gasteiger partial charge < -0.3 is 4.84 Å². The summed E-state index contributed by atoms with van der Waals surface area (Å²) in [4.78, 5) is 5.36. The van der Waals surface area contributed by atoms with Crippen LogP contribution in [0.3, 0.4) is 0 Å². The van der Waals surface area contributed by atoms with Gasteiger partial charge in [-0.25, -0.2) is 0 Å². The number of nitrogens with one attached hydrogen (secondary N) is 1. The molecule has 0 fully saturated rings. The van der Waals surface area contributed by atoms with Crippen molar-refractivity contribution >= 4 is 34.6 Å². The molecule has 0 atom stereocenters. The third-order valence-electron chi connectivity index (χ3n) is 3.41. The number of rotatable bonds is 2. The molecule has 0 aliphatic carbocycles. The van der Waals surface area contributed by atoms with Crippen LogP contribution in [0.25, 0.3) is 5.76 Å². The fraction of sp³-hybridized carbons (Fsp3) is 0.125. The van der Waals surface area contributed by atoms with Crippen LogP contribution in [0, 0.1) is 0 Å². The van der Waals surface area contributed by atoms with Crippen LogP contribution in [-0.2, 0) is 11.0 Å². The van der Waals surface area contributed by atoms with Crippen molar-refractivity contribution in [3.8, 4) is 0 Å². The van der Waals surface area contributed by atoms with Crippen molar-refractivity contribution in [1.82, 2.24) is 5.59 Å². The van der Waals surface area contributed by atoms with E-state index in [1.54, 1.807) is 35.4 Å². The number of hydrogen-bond donors (Lipinski definition) is 1. The summed E-state index contributed by atoms with van der Waals surface area (Å²) in [5, 5.41) is 2.46. The molecule has 0 saturated carbocycles. The largest absolute Gasteiger partial charge is 0.416 e. The second-order valence-corrected chi connectivity index (χ2v) is 5.86. The van der Waals surface area contributed by atoms with E-state index in [-0.39, 0.29) is 0 Å². The molecule has 0 spiro atoms. The molecule has 2 aromatic rings. The Balaban J connectivity index is 1.79. The molecule has 8 heteroatoms. The van der Waals surface area contributed by atoms with Crippen molar-refractivity contribution in [3.63, 3.8) is 0 Å². The average molecular weight is 375 g/mol. The smallest absolute Gasteiger partial charge is 0.389 e. The molecule has 126 valence electrons. The Morgan fingerprint density at radius 3 is 2.46 bits per heavy atom. The van der Waals surface area contributed by atoms with E-state index in [4.69, 9.17) is 28.0 Å². The Morgan fingerprint density at radius 1 is 1.04 bits per heavy atom. The van der Waals surface area contributed by atoms with Crippen LogP contribution >= 0.6 is 23.2 Å². The lowest BCUT2D eigenvalue weighted by atomic mass is 10.1. The van der Waals surface area contributed by atoms with Gasteiger partial charge in [-0.05, 0) is 36.4 Å². The SMILES string of the molecule is FC(F)(F)c1cccc(C2=CCN(c3ccc(Cl)c(Cl)c3)NO2)c1. The van der Waals surface area contributed by atoms with E-state index < -0.39 is 11.7 Å². The van der Waals surface area contributed by atoms with Crippen molar-refractivity contribution in [3.05, 3.63) is 69.7 Å². The standard InChI is InChI=1S/C16H11Cl2F3N2O/c17-13-5-4-12(9-14(13)18)23-7-6-15(24-22-23)10-2-1-3-11(8-10)16(19,20)21/h1-6,8-9,22H,7H2. The summed E-state index contributed by atoms with van der Waals surface area (Å²) in [7, 11) is 0. The maximum atomic E-state index is 12.8. The normalized spacial score (nSPS) is 15.0. The van der Waals surface area contributed by atoms with Crippen molar-refractivity contribution < 1.29 is 18.0 Å². The Hall–Kier alpha value is -1.89. The average Bonchev–Trinajstić information content (AvgIpc) is 2.57. The van der Waals surface area contributed by atoms with E-state index in [9.17, 15) is 13.2 Å². The molecule has 1 N–H and O–H groups in total. The summed E-state index contributed by atoms with van der Waals surface area (Å²) in [5.74, 6) is 0.317. The number of benzene rings is 2. The Bertz CT molecular complexity index is 793. The first-order valence-corrected chi connectivity index (χ1v) is 7.63. The second kappa shape index (κ2) is 6.55. The zero-order chi connectivity index (χ0) is 17.3. The molecule has 1 aliphatic rings. The second-order valence-electron chi connectivity index (χ2n) is 5.05. The lowest BCUT2D eigenvalue weighted by Crippen LogP contribution is -2.41. The minimum atomic E-state index is -4.40. The topological polar surface area (TPSA) is 24.5 Å². The summed E-state index contributed by atoms with van der Waals surface area (Å²) in [6.07, 6.45) is -2.72. The van der Waals surface area contributed by atoms with Gasteiger partial charge >= 0.3 is 6.18 Å². The monoisotopic (exact) mass is 374 g/mol. The molecule has 0 radical (unpaired) electrons. The summed E-state index contributed by atoms with van der Waals surface area (Å²) < 4.78 is 38.3. The number of anilines is 1. The van der Waals surface area contributed by atoms with Crippen molar-refractivity contribution in [2.24, 2.45) is 0 Å². The third-order valence-corrected chi connectivity index (χ3v) is 4.15.